The van der Waals surface area contributed by atoms with Gasteiger partial charge in [0.2, 0.25) is 0 Å². The van der Waals surface area contributed by atoms with Gasteiger partial charge < -0.3 is 10.2 Å². The van der Waals surface area contributed by atoms with Crippen LogP contribution in [0.2, 0.25) is 0 Å². The van der Waals surface area contributed by atoms with E-state index in [0.717, 1.165) is 38.9 Å². The molecule has 1 N–H and O–H groups in total. The molecule has 0 aliphatic rings. The van der Waals surface area contributed by atoms with Gasteiger partial charge in [0, 0.05) is 42.1 Å². The van der Waals surface area contributed by atoms with E-state index < -0.39 is 0 Å². The number of rotatable bonds is 5. The average Bonchev–Trinajstić information content (AvgIpc) is 3.31. The highest BCUT2D eigenvalue weighted by molar-refractivity contribution is 7.16. The Labute approximate surface area is 190 Å². The number of anilines is 2. The predicted molar refractivity (Wildman–Crippen MR) is 133 cm³/mol. The molecule has 5 nitrogen and oxygen atoms in total. The number of amides is 1. The second-order valence-corrected chi connectivity index (χ2v) is 8.53. The second kappa shape index (κ2) is 8.40. The lowest BCUT2D eigenvalue weighted by Gasteiger charge is -2.14. The number of hydrogen-bond acceptors (Lipinski definition) is 5. The first kappa shape index (κ1) is 20.2. The second-order valence-electron chi connectivity index (χ2n) is 7.65. The number of carbonyl (C=O) groups is 1. The number of carbonyl (C=O) groups excluding carboxylic acids is 1. The molecule has 0 saturated heterocycles. The molecule has 0 aliphatic heterocycles. The Bertz CT molecular complexity index is 1430. The van der Waals surface area contributed by atoms with Crippen LogP contribution in [0.5, 0.6) is 0 Å². The number of benzene rings is 3. The number of nitrogens with zero attached hydrogens (tertiary/aromatic N) is 3. The van der Waals surface area contributed by atoms with Crippen LogP contribution in [-0.2, 0) is 0 Å². The lowest BCUT2D eigenvalue weighted by atomic mass is 10.0. The molecule has 32 heavy (non-hydrogen) atoms. The predicted octanol–water partition coefficient (Wildman–Crippen LogP) is 6.35. The summed E-state index contributed by atoms with van der Waals surface area (Å²) in [5.74, 6) is 0.0331. The quantitative estimate of drug-likeness (QED) is 0.347. The van der Waals surface area contributed by atoms with Crippen LogP contribution in [0, 0.1) is 0 Å². The van der Waals surface area contributed by atoms with Crippen molar-refractivity contribution in [2.24, 2.45) is 0 Å². The topological polar surface area (TPSA) is 58.1 Å². The van der Waals surface area contributed by atoms with Crippen molar-refractivity contribution in [2.45, 2.75) is 6.92 Å². The third-order valence-corrected chi connectivity index (χ3v) is 6.45. The summed E-state index contributed by atoms with van der Waals surface area (Å²) in [6, 6.07) is 22.2. The van der Waals surface area contributed by atoms with Gasteiger partial charge in [-0.1, -0.05) is 24.3 Å². The smallest absolute Gasteiger partial charge is 0.253 e. The van der Waals surface area contributed by atoms with Crippen LogP contribution in [0.15, 0.2) is 78.4 Å². The Morgan fingerprint density at radius 2 is 1.75 bits per heavy atom. The maximum atomic E-state index is 12.3. The van der Waals surface area contributed by atoms with Crippen molar-refractivity contribution in [2.75, 3.05) is 18.9 Å². The average molecular weight is 439 g/mol. The summed E-state index contributed by atoms with van der Waals surface area (Å²) >= 11 is 1.64. The van der Waals surface area contributed by atoms with Gasteiger partial charge in [-0.05, 0) is 60.5 Å². The first-order valence-corrected chi connectivity index (χ1v) is 11.4. The van der Waals surface area contributed by atoms with Crippen LogP contribution in [0.3, 0.4) is 0 Å². The molecule has 158 valence electrons. The van der Waals surface area contributed by atoms with Gasteiger partial charge in [0.15, 0.2) is 0 Å². The molecule has 0 atom stereocenters. The molecule has 1 amide bonds. The Hall–Kier alpha value is -3.77. The fraction of sp³-hybridized carbons (Fsp3) is 0.115. The summed E-state index contributed by atoms with van der Waals surface area (Å²) in [6.07, 6.45) is 1.82. The van der Waals surface area contributed by atoms with E-state index in [-0.39, 0.29) is 5.91 Å². The summed E-state index contributed by atoms with van der Waals surface area (Å²) in [5, 5.41) is 4.55. The van der Waals surface area contributed by atoms with Gasteiger partial charge in [0.25, 0.3) is 5.91 Å². The van der Waals surface area contributed by atoms with Crippen LogP contribution in [0.4, 0.5) is 11.4 Å². The molecular formula is C26H22N4OS. The third kappa shape index (κ3) is 3.81. The van der Waals surface area contributed by atoms with Crippen molar-refractivity contribution in [1.29, 1.82) is 0 Å². The zero-order valence-corrected chi connectivity index (χ0v) is 18.7. The Balaban J connectivity index is 1.44. The number of fused-ring (bicyclic) bond motifs is 2. The minimum absolute atomic E-state index is 0.0331. The lowest BCUT2D eigenvalue weighted by Crippen LogP contribution is -2.26. The maximum Gasteiger partial charge on any atom is 0.253 e. The van der Waals surface area contributed by atoms with E-state index in [2.05, 4.69) is 51.7 Å². The van der Waals surface area contributed by atoms with Gasteiger partial charge in [-0.2, -0.15) is 0 Å². The van der Waals surface area contributed by atoms with E-state index in [1.165, 1.54) is 4.70 Å². The van der Waals surface area contributed by atoms with Gasteiger partial charge in [0.05, 0.1) is 21.2 Å². The van der Waals surface area contributed by atoms with Gasteiger partial charge >= 0.3 is 0 Å². The fourth-order valence-corrected chi connectivity index (χ4v) is 4.36. The highest BCUT2D eigenvalue weighted by Gasteiger charge is 2.11. The van der Waals surface area contributed by atoms with Crippen molar-refractivity contribution in [1.82, 2.24) is 14.9 Å². The fourth-order valence-electron chi connectivity index (χ4n) is 3.70. The molecule has 0 spiro atoms. The van der Waals surface area contributed by atoms with E-state index in [1.807, 2.05) is 56.0 Å². The molecular weight excluding hydrogens is 416 g/mol. The Morgan fingerprint density at radius 1 is 0.938 bits per heavy atom. The Kier molecular flexibility index (Phi) is 5.29. The summed E-state index contributed by atoms with van der Waals surface area (Å²) < 4.78 is 1.17. The standard InChI is InChI=1S/C26H22N4OS/c1-3-30(2)26(31)18-6-4-17(5-7-18)19-8-10-21-22(12-13-27-23(21)14-19)29-20-9-11-25-24(15-20)28-16-32-25/h4-16H,3H2,1-2H3,(H,27,29). The van der Waals surface area contributed by atoms with Crippen LogP contribution in [0.1, 0.15) is 17.3 Å². The van der Waals surface area contributed by atoms with Gasteiger partial charge in [-0.25, -0.2) is 4.98 Å². The summed E-state index contributed by atoms with van der Waals surface area (Å²) in [7, 11) is 1.81. The van der Waals surface area contributed by atoms with Gasteiger partial charge in [-0.3, -0.25) is 9.78 Å². The van der Waals surface area contributed by atoms with Crippen LogP contribution in [-0.4, -0.2) is 34.4 Å². The molecule has 0 radical (unpaired) electrons. The first-order valence-electron chi connectivity index (χ1n) is 10.5. The molecule has 2 aromatic heterocycles. The van der Waals surface area contributed by atoms with Gasteiger partial charge in [-0.15, -0.1) is 11.3 Å². The molecule has 0 aliphatic carbocycles. The molecule has 0 unspecified atom stereocenters. The van der Waals surface area contributed by atoms with Crippen molar-refractivity contribution in [3.05, 3.63) is 84.0 Å². The molecule has 0 bridgehead atoms. The SMILES string of the molecule is CCN(C)C(=O)c1ccc(-c2ccc3c(Nc4ccc5scnc5c4)ccnc3c2)cc1. The lowest BCUT2D eigenvalue weighted by molar-refractivity contribution is 0.0802. The number of aromatic nitrogens is 2. The highest BCUT2D eigenvalue weighted by Crippen LogP contribution is 2.30. The summed E-state index contributed by atoms with van der Waals surface area (Å²) in [4.78, 5) is 23.0. The van der Waals surface area contributed by atoms with Crippen molar-refractivity contribution in [3.8, 4) is 11.1 Å². The zero-order valence-electron chi connectivity index (χ0n) is 17.9. The number of hydrogen-bond donors (Lipinski definition) is 1. The summed E-state index contributed by atoms with van der Waals surface area (Å²) in [5.41, 5.74) is 8.58. The molecule has 6 heteroatoms. The summed E-state index contributed by atoms with van der Waals surface area (Å²) in [6.45, 7) is 2.65. The maximum absolute atomic E-state index is 12.3. The van der Waals surface area contributed by atoms with Gasteiger partial charge in [0.1, 0.15) is 0 Å². The van der Waals surface area contributed by atoms with Crippen LogP contribution >= 0.6 is 11.3 Å². The van der Waals surface area contributed by atoms with Crippen molar-refractivity contribution < 1.29 is 4.79 Å². The molecule has 3 aromatic carbocycles. The molecule has 0 fully saturated rings. The molecule has 0 saturated carbocycles. The minimum Gasteiger partial charge on any atom is -0.355 e. The number of nitrogens with one attached hydrogen (secondary N) is 1. The van der Waals surface area contributed by atoms with Crippen molar-refractivity contribution >= 4 is 49.7 Å². The largest absolute Gasteiger partial charge is 0.355 e. The Morgan fingerprint density at radius 3 is 2.56 bits per heavy atom. The number of thiazole rings is 1. The normalized spacial score (nSPS) is 11.1. The monoisotopic (exact) mass is 438 g/mol. The molecule has 5 rings (SSSR count). The first-order chi connectivity index (χ1) is 15.6. The van der Waals surface area contributed by atoms with E-state index in [1.54, 1.807) is 16.2 Å². The van der Waals surface area contributed by atoms with Crippen molar-refractivity contribution in [3.63, 3.8) is 0 Å². The van der Waals surface area contributed by atoms with Crippen LogP contribution in [0.25, 0.3) is 32.2 Å². The van der Waals surface area contributed by atoms with E-state index in [4.69, 9.17) is 0 Å². The minimum atomic E-state index is 0.0331. The van der Waals surface area contributed by atoms with E-state index >= 15 is 0 Å². The van der Waals surface area contributed by atoms with Crippen LogP contribution < -0.4 is 5.32 Å². The van der Waals surface area contributed by atoms with E-state index in [9.17, 15) is 4.79 Å². The molecule has 5 aromatic rings. The zero-order chi connectivity index (χ0) is 22.1. The third-order valence-electron chi connectivity index (χ3n) is 5.64. The number of pyridine rings is 1. The van der Waals surface area contributed by atoms with E-state index in [0.29, 0.717) is 12.1 Å². The highest BCUT2D eigenvalue weighted by atomic mass is 32.1. The molecule has 2 heterocycles.